The third-order valence-electron chi connectivity index (χ3n) is 6.79. The maximum Gasteiger partial charge on any atom is 0.339 e. The molecule has 1 saturated carbocycles. The Morgan fingerprint density at radius 2 is 1.69 bits per heavy atom. The summed E-state index contributed by atoms with van der Waals surface area (Å²) in [4.78, 5) is 42.6. The Morgan fingerprint density at radius 1 is 0.944 bits per heavy atom. The van der Waals surface area contributed by atoms with Gasteiger partial charge in [-0.15, -0.1) is 0 Å². The van der Waals surface area contributed by atoms with Gasteiger partial charge in [0.15, 0.2) is 6.61 Å². The molecule has 0 unspecified atom stereocenters. The van der Waals surface area contributed by atoms with Crippen molar-refractivity contribution in [3.8, 4) is 0 Å². The van der Waals surface area contributed by atoms with Crippen LogP contribution >= 0.6 is 0 Å². The van der Waals surface area contributed by atoms with Gasteiger partial charge in [-0.3, -0.25) is 10.1 Å². The molecule has 7 nitrogen and oxygen atoms in total. The first-order valence-corrected chi connectivity index (χ1v) is 12.5. The van der Waals surface area contributed by atoms with E-state index in [-0.39, 0.29) is 6.04 Å². The molecular formula is C29H29N3O4. The van der Waals surface area contributed by atoms with Crippen LogP contribution in [0.15, 0.2) is 54.6 Å². The molecule has 0 aliphatic heterocycles. The quantitative estimate of drug-likeness (QED) is 0.496. The second-order valence-electron chi connectivity index (χ2n) is 9.34. The Bertz CT molecular complexity index is 1330. The topological polar surface area (TPSA) is 97.4 Å². The van der Waals surface area contributed by atoms with E-state index in [1.165, 1.54) is 0 Å². The number of amides is 3. The van der Waals surface area contributed by atoms with E-state index >= 15 is 0 Å². The summed E-state index contributed by atoms with van der Waals surface area (Å²) in [6.45, 7) is -0.533. The fraction of sp³-hybridized carbons (Fsp3) is 0.310. The van der Waals surface area contributed by atoms with Crippen LogP contribution in [-0.4, -0.2) is 35.5 Å². The number of para-hydroxylation sites is 1. The molecule has 0 spiro atoms. The lowest BCUT2D eigenvalue weighted by Gasteiger charge is -2.22. The first-order chi connectivity index (χ1) is 17.6. The van der Waals surface area contributed by atoms with Gasteiger partial charge in [0.05, 0.1) is 16.8 Å². The molecule has 2 aliphatic rings. The fourth-order valence-corrected chi connectivity index (χ4v) is 5.12. The third kappa shape index (κ3) is 5.30. The van der Waals surface area contributed by atoms with Crippen LogP contribution in [0.3, 0.4) is 0 Å². The fourth-order valence-electron chi connectivity index (χ4n) is 5.12. The number of carbonyl (C=O) groups is 3. The van der Waals surface area contributed by atoms with Crippen molar-refractivity contribution in [3.63, 3.8) is 0 Å². The Hall–Kier alpha value is -4.00. The summed E-state index contributed by atoms with van der Waals surface area (Å²) < 4.78 is 5.41. The number of hydrogen-bond acceptors (Lipinski definition) is 5. The van der Waals surface area contributed by atoms with Gasteiger partial charge in [0.2, 0.25) is 0 Å². The van der Waals surface area contributed by atoms with Gasteiger partial charge in [-0.05, 0) is 60.9 Å². The van der Waals surface area contributed by atoms with Crippen LogP contribution in [0.2, 0.25) is 0 Å². The summed E-state index contributed by atoms with van der Waals surface area (Å²) in [5.74, 6) is -1.24. The highest BCUT2D eigenvalue weighted by molar-refractivity contribution is 6.07. The number of ether oxygens (including phenoxy) is 1. The molecule has 5 rings (SSSR count). The molecule has 2 aromatic carbocycles. The van der Waals surface area contributed by atoms with Crippen molar-refractivity contribution >= 4 is 40.5 Å². The lowest BCUT2D eigenvalue weighted by Crippen LogP contribution is -2.45. The number of fused-ring (bicyclic) bond motifs is 2. The Balaban J connectivity index is 1.38. The van der Waals surface area contributed by atoms with E-state index in [2.05, 4.69) is 16.7 Å². The molecule has 1 heterocycles. The standard InChI is InChI=1S/C29H29N3O4/c33-25(32-29(35)30-21-12-4-5-13-21)18-36-28(34)26-22-14-6-7-16-24(22)31-27-20(11-8-15-23(26)27)17-19-9-2-1-3-10-19/h1-3,6-7,9-10,14,16-17,21H,4-5,8,11-13,15,18H2,(H2,30,32,33,35). The Labute approximate surface area is 209 Å². The number of esters is 1. The van der Waals surface area contributed by atoms with Crippen LogP contribution < -0.4 is 10.6 Å². The summed E-state index contributed by atoms with van der Waals surface area (Å²) in [6, 6.07) is 17.1. The molecule has 184 valence electrons. The first-order valence-electron chi connectivity index (χ1n) is 12.5. The van der Waals surface area contributed by atoms with Crippen LogP contribution in [0, 0.1) is 0 Å². The van der Waals surface area contributed by atoms with Gasteiger partial charge in [-0.25, -0.2) is 14.6 Å². The second kappa shape index (κ2) is 10.7. The van der Waals surface area contributed by atoms with Crippen LogP contribution in [0.4, 0.5) is 4.79 Å². The molecule has 36 heavy (non-hydrogen) atoms. The van der Waals surface area contributed by atoms with Gasteiger partial charge >= 0.3 is 12.0 Å². The van der Waals surface area contributed by atoms with Gasteiger partial charge in [0.1, 0.15) is 0 Å². The number of urea groups is 1. The SMILES string of the molecule is O=C(COC(=O)c1c2c(nc3ccccc13)C(=Cc1ccccc1)CCC2)NC(=O)NC1CCCC1. The summed E-state index contributed by atoms with van der Waals surface area (Å²) in [6.07, 6.45) is 8.53. The Morgan fingerprint density at radius 3 is 2.50 bits per heavy atom. The number of allylic oxidation sites excluding steroid dienone is 1. The largest absolute Gasteiger partial charge is 0.452 e. The predicted molar refractivity (Wildman–Crippen MR) is 138 cm³/mol. The minimum Gasteiger partial charge on any atom is -0.452 e. The number of carbonyl (C=O) groups excluding carboxylic acids is 3. The van der Waals surface area contributed by atoms with Gasteiger partial charge < -0.3 is 10.1 Å². The second-order valence-corrected chi connectivity index (χ2v) is 9.34. The lowest BCUT2D eigenvalue weighted by molar-refractivity contribution is -0.123. The van der Waals surface area contributed by atoms with Crippen molar-refractivity contribution < 1.29 is 19.1 Å². The highest BCUT2D eigenvalue weighted by Gasteiger charge is 2.26. The molecule has 3 aromatic rings. The van der Waals surface area contributed by atoms with Gasteiger partial charge in [-0.2, -0.15) is 0 Å². The zero-order chi connectivity index (χ0) is 24.9. The predicted octanol–water partition coefficient (Wildman–Crippen LogP) is 5.04. The van der Waals surface area contributed by atoms with E-state index < -0.39 is 24.5 Å². The molecular weight excluding hydrogens is 454 g/mol. The van der Waals surface area contributed by atoms with Crippen LogP contribution in [0.1, 0.15) is 65.7 Å². The van der Waals surface area contributed by atoms with Crippen molar-refractivity contribution in [2.24, 2.45) is 0 Å². The summed E-state index contributed by atoms with van der Waals surface area (Å²) >= 11 is 0. The van der Waals surface area contributed by atoms with Crippen molar-refractivity contribution in [1.29, 1.82) is 0 Å². The monoisotopic (exact) mass is 483 g/mol. The zero-order valence-electron chi connectivity index (χ0n) is 20.1. The van der Waals surface area contributed by atoms with Crippen molar-refractivity contribution in [2.45, 2.75) is 51.0 Å². The van der Waals surface area contributed by atoms with Gasteiger partial charge in [-0.1, -0.05) is 61.4 Å². The highest BCUT2D eigenvalue weighted by Crippen LogP contribution is 2.36. The molecule has 0 radical (unpaired) electrons. The van der Waals surface area contributed by atoms with Gasteiger partial charge in [0.25, 0.3) is 5.91 Å². The number of rotatable bonds is 5. The molecule has 2 aliphatic carbocycles. The molecule has 0 atom stereocenters. The highest BCUT2D eigenvalue weighted by atomic mass is 16.5. The summed E-state index contributed by atoms with van der Waals surface area (Å²) in [5, 5.41) is 5.75. The van der Waals surface area contributed by atoms with Crippen LogP contribution in [-0.2, 0) is 16.0 Å². The lowest BCUT2D eigenvalue weighted by atomic mass is 9.86. The van der Waals surface area contributed by atoms with E-state index in [0.29, 0.717) is 22.9 Å². The van der Waals surface area contributed by atoms with E-state index in [1.807, 2.05) is 54.6 Å². The Kier molecular flexibility index (Phi) is 7.07. The van der Waals surface area contributed by atoms with Crippen molar-refractivity contribution in [1.82, 2.24) is 15.6 Å². The number of hydrogen-bond donors (Lipinski definition) is 2. The number of aromatic nitrogens is 1. The zero-order valence-corrected chi connectivity index (χ0v) is 20.1. The van der Waals surface area contributed by atoms with E-state index in [0.717, 1.165) is 60.9 Å². The number of nitrogens with one attached hydrogen (secondary N) is 2. The van der Waals surface area contributed by atoms with Crippen molar-refractivity contribution in [3.05, 3.63) is 77.0 Å². The normalized spacial score (nSPS) is 16.5. The summed E-state index contributed by atoms with van der Waals surface area (Å²) in [7, 11) is 0. The third-order valence-corrected chi connectivity index (χ3v) is 6.79. The maximum absolute atomic E-state index is 13.3. The van der Waals surface area contributed by atoms with Crippen LogP contribution in [0.5, 0.6) is 0 Å². The van der Waals surface area contributed by atoms with E-state index in [4.69, 9.17) is 9.72 Å². The smallest absolute Gasteiger partial charge is 0.339 e. The average molecular weight is 484 g/mol. The van der Waals surface area contributed by atoms with Crippen molar-refractivity contribution in [2.75, 3.05) is 6.61 Å². The number of benzene rings is 2. The first kappa shape index (κ1) is 23.7. The number of imide groups is 1. The molecule has 1 fully saturated rings. The molecule has 3 amide bonds. The molecule has 7 heteroatoms. The molecule has 2 N–H and O–H groups in total. The van der Waals surface area contributed by atoms with E-state index in [9.17, 15) is 14.4 Å². The number of pyridine rings is 1. The van der Waals surface area contributed by atoms with Crippen LogP contribution in [0.25, 0.3) is 22.6 Å². The molecule has 1 aromatic heterocycles. The molecule has 0 bridgehead atoms. The number of nitrogens with zero attached hydrogens (tertiary/aromatic N) is 1. The van der Waals surface area contributed by atoms with Gasteiger partial charge in [0, 0.05) is 11.4 Å². The van der Waals surface area contributed by atoms with E-state index in [1.54, 1.807) is 0 Å². The summed E-state index contributed by atoms with van der Waals surface area (Å²) in [5.41, 5.74) is 4.93. The minimum absolute atomic E-state index is 0.0909. The minimum atomic E-state index is -0.657. The average Bonchev–Trinajstić information content (AvgIpc) is 3.39. The molecule has 0 saturated heterocycles. The maximum atomic E-state index is 13.3.